The van der Waals surface area contributed by atoms with E-state index >= 15 is 0 Å². The van der Waals surface area contributed by atoms with Gasteiger partial charge in [0.05, 0.1) is 12.6 Å². The summed E-state index contributed by atoms with van der Waals surface area (Å²) in [4.78, 5) is 94.4. The van der Waals surface area contributed by atoms with E-state index in [1.165, 1.54) is 24.0 Å². The van der Waals surface area contributed by atoms with Crippen LogP contribution in [-0.4, -0.2) is 106 Å². The number of hydrogen-bond donors (Lipinski definition) is 9. The molecule has 0 saturated carbocycles. The molecule has 2 heterocycles. The summed E-state index contributed by atoms with van der Waals surface area (Å²) < 4.78 is 0. The van der Waals surface area contributed by atoms with Gasteiger partial charge in [-0.1, -0.05) is 66.7 Å². The van der Waals surface area contributed by atoms with E-state index in [0.717, 1.165) is 0 Å². The van der Waals surface area contributed by atoms with Crippen LogP contribution in [0.25, 0.3) is 0 Å². The van der Waals surface area contributed by atoms with Gasteiger partial charge in [-0.15, -0.1) is 0 Å². The third kappa shape index (κ3) is 10.7. The number of nitrogens with zero attached hydrogens (tertiary/aromatic N) is 1. The molecule has 1 saturated heterocycles. The Balaban J connectivity index is 1.30. The van der Waals surface area contributed by atoms with Crippen molar-refractivity contribution >= 4 is 41.4 Å². The molecular formula is C40H48N8O9. The molecule has 17 nitrogen and oxygen atoms in total. The fourth-order valence-corrected chi connectivity index (χ4v) is 6.90. The van der Waals surface area contributed by atoms with Gasteiger partial charge in [0.1, 0.15) is 42.0 Å². The van der Waals surface area contributed by atoms with Crippen molar-refractivity contribution in [2.45, 2.75) is 81.3 Å². The minimum atomic E-state index is -1.33. The Morgan fingerprint density at radius 2 is 1.51 bits per heavy atom. The third-order valence-electron chi connectivity index (χ3n) is 10.0. The number of likely N-dealkylation sites (tertiary alicyclic amines) is 1. The van der Waals surface area contributed by atoms with Crippen LogP contribution in [0, 0.1) is 0 Å². The Labute approximate surface area is 328 Å². The fourth-order valence-electron chi connectivity index (χ4n) is 6.90. The highest BCUT2D eigenvalue weighted by Crippen LogP contribution is 2.26. The van der Waals surface area contributed by atoms with E-state index in [9.17, 15) is 43.8 Å². The maximum absolute atomic E-state index is 14.1. The summed E-state index contributed by atoms with van der Waals surface area (Å²) in [6.45, 7) is 0.935. The maximum Gasteiger partial charge on any atom is 0.247 e. The zero-order chi connectivity index (χ0) is 41.2. The van der Waals surface area contributed by atoms with Gasteiger partial charge in [-0.2, -0.15) is 0 Å². The summed E-state index contributed by atoms with van der Waals surface area (Å²) in [5, 5.41) is 32.2. The number of hydrogen-bond acceptors (Lipinski definition) is 10. The molecule has 0 radical (unpaired) electrons. The van der Waals surface area contributed by atoms with Gasteiger partial charge < -0.3 is 53.2 Å². The van der Waals surface area contributed by atoms with Crippen molar-refractivity contribution in [2.24, 2.45) is 11.5 Å². The highest BCUT2D eigenvalue weighted by Gasteiger charge is 2.41. The van der Waals surface area contributed by atoms with Gasteiger partial charge in [-0.05, 0) is 60.6 Å². The number of phenols is 1. The predicted octanol–water partition coefficient (Wildman–Crippen LogP) is -1.65. The lowest BCUT2D eigenvalue weighted by Crippen LogP contribution is -2.58. The van der Waals surface area contributed by atoms with E-state index in [1.807, 2.05) is 0 Å². The zero-order valence-electron chi connectivity index (χ0n) is 31.4. The minimum Gasteiger partial charge on any atom is -0.508 e. The quantitative estimate of drug-likeness (QED) is 0.0847. The number of carbonyl (C=O) groups is 7. The lowest BCUT2D eigenvalue weighted by molar-refractivity contribution is -0.142. The van der Waals surface area contributed by atoms with Crippen molar-refractivity contribution in [3.05, 3.63) is 101 Å². The van der Waals surface area contributed by atoms with Crippen LogP contribution in [0.5, 0.6) is 5.75 Å². The second-order valence-electron chi connectivity index (χ2n) is 14.2. The molecule has 3 aromatic carbocycles. The molecule has 0 aliphatic carbocycles. The van der Waals surface area contributed by atoms with Gasteiger partial charge in [0.15, 0.2) is 0 Å². The number of phenolic OH excluding ortho intramolecular Hbond substituents is 1. The molecule has 3 aromatic rings. The predicted molar refractivity (Wildman–Crippen MR) is 205 cm³/mol. The van der Waals surface area contributed by atoms with Crippen LogP contribution >= 0.6 is 0 Å². The average molecular weight is 785 g/mol. The smallest absolute Gasteiger partial charge is 0.247 e. The Hall–Kier alpha value is -6.33. The SMILES string of the molecule is C[C@@H](NC(=O)[C@@H](N)Cc1ccc(O)cc1)C(=O)N[C@@H](Cc1ccccc1)C(=O)N[C@@H]1C(=O)N[C@H](C(=O)N2CCC[C@H]2C(=O)N[C@@H](CO)C(N)=O)Cc2ccccc21. The lowest BCUT2D eigenvalue weighted by Gasteiger charge is -2.29. The van der Waals surface area contributed by atoms with Gasteiger partial charge in [-0.25, -0.2) is 0 Å². The fraction of sp³-hybridized carbons (Fsp3) is 0.375. The zero-order valence-corrected chi connectivity index (χ0v) is 31.4. The Morgan fingerprint density at radius 3 is 2.19 bits per heavy atom. The summed E-state index contributed by atoms with van der Waals surface area (Å²) in [5.74, 6) is -4.78. The highest BCUT2D eigenvalue weighted by atomic mass is 16.3. The molecule has 11 N–H and O–H groups in total. The van der Waals surface area contributed by atoms with Crippen LogP contribution in [0.15, 0.2) is 78.9 Å². The van der Waals surface area contributed by atoms with Crippen molar-refractivity contribution in [3.8, 4) is 5.75 Å². The molecule has 17 heteroatoms. The van der Waals surface area contributed by atoms with E-state index < -0.39 is 90.3 Å². The van der Waals surface area contributed by atoms with E-state index in [-0.39, 0.29) is 38.0 Å². The van der Waals surface area contributed by atoms with Gasteiger partial charge in [0, 0.05) is 19.4 Å². The number of aliphatic hydroxyl groups excluding tert-OH is 1. The maximum atomic E-state index is 14.1. The van der Waals surface area contributed by atoms with Gasteiger partial charge >= 0.3 is 0 Å². The van der Waals surface area contributed by atoms with E-state index in [1.54, 1.807) is 66.7 Å². The normalized spacial score (nSPS) is 19.7. The van der Waals surface area contributed by atoms with E-state index in [2.05, 4.69) is 26.6 Å². The summed E-state index contributed by atoms with van der Waals surface area (Å²) in [7, 11) is 0. The number of nitrogens with two attached hydrogens (primary N) is 2. The number of primary amides is 1. The summed E-state index contributed by atoms with van der Waals surface area (Å²) in [6, 6.07) is 13.8. The minimum absolute atomic E-state index is 0.0296. The van der Waals surface area contributed by atoms with Crippen LogP contribution < -0.4 is 38.1 Å². The first-order valence-electron chi connectivity index (χ1n) is 18.6. The largest absolute Gasteiger partial charge is 0.508 e. The topological polar surface area (TPSA) is 275 Å². The molecule has 0 unspecified atom stereocenters. The monoisotopic (exact) mass is 784 g/mol. The second-order valence-corrected chi connectivity index (χ2v) is 14.2. The van der Waals surface area contributed by atoms with Crippen LogP contribution in [0.4, 0.5) is 0 Å². The summed E-state index contributed by atoms with van der Waals surface area (Å²) in [5.41, 5.74) is 13.8. The number of nitrogens with one attached hydrogen (secondary N) is 5. The Kier molecular flexibility index (Phi) is 13.9. The number of carbonyl (C=O) groups excluding carboxylic acids is 7. The lowest BCUT2D eigenvalue weighted by atomic mass is 9.96. The van der Waals surface area contributed by atoms with Gasteiger partial charge in [0.2, 0.25) is 41.4 Å². The summed E-state index contributed by atoms with van der Waals surface area (Å²) in [6.07, 6.45) is 0.973. The molecule has 0 aromatic heterocycles. The van der Waals surface area contributed by atoms with E-state index in [0.29, 0.717) is 28.7 Å². The van der Waals surface area contributed by atoms with Gasteiger partial charge in [-0.3, -0.25) is 33.6 Å². The molecule has 0 bridgehead atoms. The van der Waals surface area contributed by atoms with Crippen molar-refractivity contribution in [1.82, 2.24) is 31.5 Å². The molecule has 0 spiro atoms. The Bertz CT molecular complexity index is 1960. The number of fused-ring (bicyclic) bond motifs is 1. The average Bonchev–Trinajstić information content (AvgIpc) is 3.64. The molecule has 5 rings (SSSR count). The highest BCUT2D eigenvalue weighted by molar-refractivity contribution is 5.98. The molecular weight excluding hydrogens is 736 g/mol. The number of aliphatic hydroxyl groups is 1. The van der Waals surface area contributed by atoms with Gasteiger partial charge in [0.25, 0.3) is 0 Å². The molecule has 2 aliphatic heterocycles. The van der Waals surface area contributed by atoms with Crippen molar-refractivity contribution in [1.29, 1.82) is 0 Å². The van der Waals surface area contributed by atoms with Crippen molar-refractivity contribution in [2.75, 3.05) is 13.2 Å². The number of aromatic hydroxyl groups is 1. The van der Waals surface area contributed by atoms with E-state index in [4.69, 9.17) is 11.5 Å². The second kappa shape index (κ2) is 19.0. The van der Waals surface area contributed by atoms with Crippen LogP contribution in [-0.2, 0) is 52.8 Å². The first-order chi connectivity index (χ1) is 27.2. The Morgan fingerprint density at radius 1 is 0.842 bits per heavy atom. The summed E-state index contributed by atoms with van der Waals surface area (Å²) >= 11 is 0. The van der Waals surface area contributed by atoms with Crippen LogP contribution in [0.1, 0.15) is 48.1 Å². The first-order valence-corrected chi connectivity index (χ1v) is 18.6. The number of benzene rings is 3. The molecule has 1 fully saturated rings. The molecule has 2 aliphatic rings. The van der Waals surface area contributed by atoms with Crippen LogP contribution in [0.3, 0.4) is 0 Å². The molecule has 302 valence electrons. The standard InChI is InChI=1S/C40H48N8O9/c1-22(43-36(53)28(41)18-24-13-15-26(50)16-14-24)35(52)44-29(19-23-8-3-2-4-9-23)37(54)47-33-27-11-6-5-10-25(27)20-30(45-39(33)56)40(57)48-17-7-12-32(48)38(55)46-31(21-49)34(42)51/h2-6,8-11,13-16,22,28-33,49-50H,7,12,17-21,41H2,1H3,(H2,42,51)(H,43,53)(H,44,52)(H,45,56)(H,46,55)(H,47,54)/t22-,28+,29+,30+,31+,32+,33+/m1/s1. The number of amides is 7. The van der Waals surface area contributed by atoms with Crippen LogP contribution in [0.2, 0.25) is 0 Å². The number of rotatable bonds is 15. The van der Waals surface area contributed by atoms with Crippen molar-refractivity contribution < 1.29 is 43.8 Å². The van der Waals surface area contributed by atoms with Crippen molar-refractivity contribution in [3.63, 3.8) is 0 Å². The first kappa shape index (κ1) is 41.8. The third-order valence-corrected chi connectivity index (χ3v) is 10.0. The molecule has 7 atom stereocenters. The molecule has 7 amide bonds. The molecule has 57 heavy (non-hydrogen) atoms.